The second-order valence-corrected chi connectivity index (χ2v) is 25.2. The molecule has 21 nitrogen and oxygen atoms in total. The number of aliphatic carboxylic acids is 4. The van der Waals surface area contributed by atoms with Gasteiger partial charge < -0.3 is 94.1 Å². The van der Waals surface area contributed by atoms with E-state index in [0.29, 0.717) is 28.6 Å². The predicted octanol–water partition coefficient (Wildman–Crippen LogP) is 3.99. The summed E-state index contributed by atoms with van der Waals surface area (Å²) in [4.78, 5) is 98.2. The van der Waals surface area contributed by atoms with E-state index in [9.17, 15) is 43.2 Å². The summed E-state index contributed by atoms with van der Waals surface area (Å²) in [5.74, 6) is -2.28. The van der Waals surface area contributed by atoms with Crippen LogP contribution in [0.4, 0.5) is 4.79 Å². The summed E-state index contributed by atoms with van der Waals surface area (Å²) < 4.78 is 5.12. The first-order valence-corrected chi connectivity index (χ1v) is 31.6. The van der Waals surface area contributed by atoms with Gasteiger partial charge in [0.2, 0.25) is 5.91 Å². The Morgan fingerprint density at radius 3 is 1.39 bits per heavy atom. The zero-order valence-electron chi connectivity index (χ0n) is 42.9. The van der Waals surface area contributed by atoms with E-state index in [1.54, 1.807) is 106 Å². The van der Waals surface area contributed by atoms with Crippen LogP contribution >= 0.6 is 114 Å². The molecule has 0 aliphatic carbocycles. The number of hydrogen-bond acceptors (Lipinski definition) is 23. The zero-order chi connectivity index (χ0) is 53.7. The Morgan fingerprint density at radius 1 is 0.662 bits per heavy atom. The minimum Gasteiger partial charge on any atom is -0.540 e. The number of ether oxygens (including phenoxy) is 1. The van der Waals surface area contributed by atoms with Crippen LogP contribution in [0.3, 0.4) is 0 Å². The number of carbonyl (C=O) groups is 6. The number of amides is 2. The summed E-state index contributed by atoms with van der Waals surface area (Å²) >= 11 is 7.56. The SMILES string of the molecule is CC(C)(C)OC(=O)N(CC(=O)O)CC(=O)N(CC(=O)O)Cc1ccccc1.CNC(CSSP)C(=O)O.CNC([C-]=O)CS.CNC([C-]=O)CSSP.NC(CSSP)C(=O)O.NC([C-]=O)CS.[CH3-].[CH3-].[CH3-].[Y].[Y].[Y]. The van der Waals surface area contributed by atoms with Gasteiger partial charge in [-0.1, -0.05) is 137 Å². The third-order valence-corrected chi connectivity index (χ3v) is 15.3. The summed E-state index contributed by atoms with van der Waals surface area (Å²) in [5.41, 5.74) is 9.96. The minimum atomic E-state index is -1.32. The molecular weight excluding hydrogens is 1410 g/mol. The van der Waals surface area contributed by atoms with Crippen LogP contribution in [0.1, 0.15) is 26.3 Å². The Bertz CT molecular complexity index is 1560. The zero-order valence-corrected chi connectivity index (χ0v) is 61.5. The van der Waals surface area contributed by atoms with Gasteiger partial charge in [0.1, 0.15) is 37.3 Å². The Morgan fingerprint density at radius 2 is 1.09 bits per heavy atom. The van der Waals surface area contributed by atoms with Crippen LogP contribution in [0.25, 0.3) is 0 Å². The Labute approximate surface area is 556 Å². The molecule has 0 saturated heterocycles. The van der Waals surface area contributed by atoms with Gasteiger partial charge in [0, 0.05) is 116 Å². The van der Waals surface area contributed by atoms with Gasteiger partial charge in [-0.05, 0) is 64.7 Å². The molecule has 2 amide bonds. The van der Waals surface area contributed by atoms with Crippen LogP contribution < -0.4 is 27.4 Å². The van der Waals surface area contributed by atoms with E-state index in [1.165, 1.54) is 42.4 Å². The van der Waals surface area contributed by atoms with Crippen LogP contribution in [0, 0.1) is 22.3 Å². The van der Waals surface area contributed by atoms with Crippen molar-refractivity contribution in [2.75, 3.05) is 69.5 Å². The molecule has 0 aromatic heterocycles. The van der Waals surface area contributed by atoms with E-state index in [4.69, 9.17) is 36.6 Å². The normalized spacial score (nSPS) is 11.3. The molecule has 427 valence electrons. The van der Waals surface area contributed by atoms with Gasteiger partial charge in [-0.2, -0.15) is 25.3 Å². The molecule has 0 saturated carbocycles. The van der Waals surface area contributed by atoms with E-state index in [1.807, 2.05) is 6.29 Å². The van der Waals surface area contributed by atoms with Crippen LogP contribution in [-0.4, -0.2) is 190 Å². The molecule has 1 aromatic carbocycles. The maximum atomic E-state index is 12.6. The van der Waals surface area contributed by atoms with Crippen LogP contribution in [0.15, 0.2) is 30.3 Å². The van der Waals surface area contributed by atoms with Crippen molar-refractivity contribution in [2.24, 2.45) is 11.5 Å². The van der Waals surface area contributed by atoms with Crippen molar-refractivity contribution in [3.05, 3.63) is 58.2 Å². The van der Waals surface area contributed by atoms with Crippen molar-refractivity contribution in [3.8, 4) is 0 Å². The topological polar surface area (TPSA) is 338 Å². The van der Waals surface area contributed by atoms with Gasteiger partial charge in [0.25, 0.3) is 0 Å². The predicted molar refractivity (Wildman–Crippen MR) is 318 cm³/mol. The van der Waals surface area contributed by atoms with E-state index < -0.39 is 79.2 Å². The van der Waals surface area contributed by atoms with Gasteiger partial charge >= 0.3 is 30.0 Å². The van der Waals surface area contributed by atoms with Gasteiger partial charge in [0.15, 0.2) is 0 Å². The molecule has 1 rings (SSSR count). The first kappa shape index (κ1) is 101. The number of carbonyl (C=O) groups excluding carboxylic acids is 5. The summed E-state index contributed by atoms with van der Waals surface area (Å²) in [6, 6.07) is 6.73. The number of nitrogens with zero attached hydrogens (tertiary/aromatic N) is 2. The smallest absolute Gasteiger partial charge is 0.411 e. The largest absolute Gasteiger partial charge is 0.540 e. The number of nitrogens with two attached hydrogens (primary N) is 2. The van der Waals surface area contributed by atoms with E-state index in [-0.39, 0.29) is 139 Å². The Kier molecular flexibility index (Phi) is 94.8. The summed E-state index contributed by atoms with van der Waals surface area (Å²) in [5, 5.41) is 43.0. The monoisotopic (exact) mass is 1480 g/mol. The quantitative estimate of drug-likeness (QED) is 0.0257. The fraction of sp³-hybridized carbons (Fsp3) is 0.538. The Hall–Kier alpha value is 2.05. The molecule has 0 heterocycles. The number of rotatable bonds is 27. The van der Waals surface area contributed by atoms with Gasteiger partial charge in [-0.15, -0.1) is 0 Å². The molecule has 11 N–H and O–H groups in total. The average molecular weight is 1480 g/mol. The van der Waals surface area contributed by atoms with Crippen molar-refractivity contribution in [2.45, 2.75) is 63.1 Å². The molecule has 8 atom stereocenters. The Balaban J connectivity index is -0.0000000787. The van der Waals surface area contributed by atoms with Crippen molar-refractivity contribution in [1.82, 2.24) is 25.8 Å². The first-order valence-electron chi connectivity index (χ1n) is 18.9. The van der Waals surface area contributed by atoms with E-state index in [0.717, 1.165) is 15.6 Å². The molecule has 74 heavy (non-hydrogen) atoms. The van der Waals surface area contributed by atoms with Crippen LogP contribution in [0.2, 0.25) is 0 Å². The number of likely N-dealkylation sites (N-methyl/N-ethyl adjacent to an activating group) is 3. The number of hydrogen-bond donors (Lipinski definition) is 11. The van der Waals surface area contributed by atoms with Crippen LogP contribution in [-0.2, 0) is 148 Å². The molecule has 8 unspecified atom stereocenters. The summed E-state index contributed by atoms with van der Waals surface area (Å²) in [7, 11) is 21.5. The fourth-order valence-corrected chi connectivity index (χ4v) is 8.97. The van der Waals surface area contributed by atoms with E-state index in [2.05, 4.69) is 66.5 Å². The second-order valence-electron chi connectivity index (χ2n) is 13.1. The van der Waals surface area contributed by atoms with Gasteiger partial charge in [-0.25, -0.2) is 23.7 Å². The number of carboxylic acids is 4. The molecule has 35 heteroatoms. The van der Waals surface area contributed by atoms with Crippen molar-refractivity contribution < 1.29 is 166 Å². The van der Waals surface area contributed by atoms with Gasteiger partial charge in [-0.3, -0.25) is 28.9 Å². The molecule has 0 aliphatic heterocycles. The molecule has 1 aromatic rings. The number of thiol groups is 2. The summed E-state index contributed by atoms with van der Waals surface area (Å²) in [6.45, 7) is 2.91. The maximum Gasteiger partial charge on any atom is 0.411 e. The molecule has 0 spiro atoms. The molecular formula is C39H74N7O14P3S8Y3-6. The standard InChI is InChI=1S/C18H24N2O7.C4H10NO2PS2.C4H9NOPS2.C4H8NOS.C3H8NO2PS2.C3H6NOS.3CH3.3Y/c1-18(2,3)27-17(26)20(12-16(24)25)10-14(21)19(11-15(22)23)9-13-7-5-4-6-8-13;1-5-3(4(6)7)2-9-10-8;1-5-4(2-6)3-8-9-7;1-5-4(2-6)3-7;4-2(3(5)6)1-8-9-7;4-3(1-5)2-6;;;;;;/h4-8H,9-12H2,1-3H3,(H,22,23)(H,24,25);3,5H,2,8H2,1H3,(H,6,7);4-5H,3,7H2,1H3;4-5,7H,3H2,1H3;2H,1,4,7H2,(H,5,6);3,6H,2,4H2;3*1H3;;;/q;;2*-1;;4*-1;;;. The number of nitrogens with one attached hydrogen (secondary N) is 3. The number of benzene rings is 1. The van der Waals surface area contributed by atoms with Crippen LogP contribution in [0.5, 0.6) is 0 Å². The van der Waals surface area contributed by atoms with Crippen molar-refractivity contribution in [3.63, 3.8) is 0 Å². The third kappa shape index (κ3) is 70.2. The summed E-state index contributed by atoms with van der Waals surface area (Å²) in [6.07, 6.45) is 4.25. The first-order chi connectivity index (χ1) is 31.9. The molecule has 0 fully saturated rings. The number of carboxylic acid groups (broad SMARTS) is 4. The van der Waals surface area contributed by atoms with Crippen molar-refractivity contribution >= 4 is 169 Å². The van der Waals surface area contributed by atoms with E-state index >= 15 is 0 Å². The molecule has 3 radical (unpaired) electrons. The fourth-order valence-electron chi connectivity index (χ4n) is 3.22. The minimum absolute atomic E-state index is 0. The van der Waals surface area contributed by atoms with Crippen molar-refractivity contribution in [1.29, 1.82) is 0 Å². The second kappa shape index (κ2) is 69.3. The average Bonchev–Trinajstić information content (AvgIpc) is 3.29. The maximum absolute atomic E-state index is 12.6. The van der Waals surface area contributed by atoms with Gasteiger partial charge in [0.05, 0.1) is 0 Å². The molecule has 0 bridgehead atoms. The molecule has 0 aliphatic rings. The third-order valence-electron chi connectivity index (χ3n) is 6.60.